The summed E-state index contributed by atoms with van der Waals surface area (Å²) < 4.78 is 1.05. The Labute approximate surface area is 132 Å². The third-order valence-corrected chi connectivity index (χ3v) is 4.36. The van der Waals surface area contributed by atoms with Crippen LogP contribution < -0.4 is 10.6 Å². The van der Waals surface area contributed by atoms with E-state index in [4.69, 9.17) is 0 Å². The lowest BCUT2D eigenvalue weighted by Crippen LogP contribution is -2.32. The minimum Gasteiger partial charge on any atom is -0.352 e. The molecule has 0 spiro atoms. The fourth-order valence-electron chi connectivity index (χ4n) is 2.82. The molecule has 1 amide bonds. The quantitative estimate of drug-likeness (QED) is 0.898. The molecule has 3 rings (SSSR count). The van der Waals surface area contributed by atoms with E-state index in [0.717, 1.165) is 34.1 Å². The van der Waals surface area contributed by atoms with Crippen LogP contribution in [0.4, 0.5) is 0 Å². The maximum absolute atomic E-state index is 12.0. The Balaban J connectivity index is 2.02. The van der Waals surface area contributed by atoms with Gasteiger partial charge in [0.25, 0.3) is 5.91 Å². The lowest BCUT2D eigenvalue weighted by molar-refractivity contribution is 0.0946. The molecule has 1 aliphatic heterocycles. The fraction of sp³-hybridized carbons (Fsp3) is 0.235. The largest absolute Gasteiger partial charge is 0.352 e. The average Bonchev–Trinajstić information content (AvgIpc) is 2.49. The third kappa shape index (κ3) is 2.87. The van der Waals surface area contributed by atoms with E-state index < -0.39 is 0 Å². The number of carbonyl (C=O) groups excluding carboxylic acids is 1. The van der Waals surface area contributed by atoms with Gasteiger partial charge in [-0.1, -0.05) is 40.2 Å². The van der Waals surface area contributed by atoms with Crippen LogP contribution in [0.15, 0.2) is 46.9 Å². The highest BCUT2D eigenvalue weighted by atomic mass is 79.9. The first-order chi connectivity index (χ1) is 10.2. The molecule has 0 aromatic heterocycles. The molecule has 2 N–H and O–H groups in total. The number of rotatable bonds is 3. The third-order valence-electron chi connectivity index (χ3n) is 3.86. The first-order valence-electron chi connectivity index (χ1n) is 7.03. The Bertz CT molecular complexity index is 684. The van der Waals surface area contributed by atoms with Crippen LogP contribution in [0.2, 0.25) is 0 Å². The molecule has 1 aliphatic rings. The number of hydrogen-bond donors (Lipinski definition) is 2. The Morgan fingerprint density at radius 2 is 2.00 bits per heavy atom. The van der Waals surface area contributed by atoms with E-state index in [9.17, 15) is 4.79 Å². The predicted octanol–water partition coefficient (Wildman–Crippen LogP) is 3.04. The number of hydrogen-bond acceptors (Lipinski definition) is 2. The number of benzene rings is 2. The van der Waals surface area contributed by atoms with Gasteiger partial charge in [-0.15, -0.1) is 0 Å². The molecule has 2 aromatic rings. The van der Waals surface area contributed by atoms with E-state index in [2.05, 4.69) is 50.8 Å². The summed E-state index contributed by atoms with van der Waals surface area (Å²) in [6.07, 6.45) is 0.905. The maximum atomic E-state index is 12.0. The number of fused-ring (bicyclic) bond motifs is 1. The van der Waals surface area contributed by atoms with E-state index in [-0.39, 0.29) is 11.9 Å². The second-order valence-corrected chi connectivity index (χ2v) is 6.11. The Hall–Kier alpha value is -1.65. The topological polar surface area (TPSA) is 41.1 Å². The van der Waals surface area contributed by atoms with Gasteiger partial charge in [0, 0.05) is 16.6 Å². The molecule has 108 valence electrons. The van der Waals surface area contributed by atoms with E-state index in [1.807, 2.05) is 25.2 Å². The molecular formula is C17H17BrN2O. The standard InChI is InChI=1S/C17H17BrN2O/c1-19-16(12-3-2-4-14(18)9-12)13-6-5-11-7-8-20-17(21)15(11)10-13/h2-6,9-10,16,19H,7-8H2,1H3,(H,20,21). The summed E-state index contributed by atoms with van der Waals surface area (Å²) in [5, 5.41) is 6.24. The molecule has 0 saturated heterocycles. The minimum atomic E-state index is 0.0298. The number of carbonyl (C=O) groups is 1. The molecule has 0 bridgehead atoms. The van der Waals surface area contributed by atoms with Crippen LogP contribution in [0.5, 0.6) is 0 Å². The smallest absolute Gasteiger partial charge is 0.251 e. The summed E-state index contributed by atoms with van der Waals surface area (Å²) in [4.78, 5) is 12.0. The Kier molecular flexibility index (Phi) is 4.08. The zero-order valence-electron chi connectivity index (χ0n) is 11.8. The van der Waals surface area contributed by atoms with Crippen LogP contribution in [-0.4, -0.2) is 19.5 Å². The summed E-state index contributed by atoms with van der Waals surface area (Å²) in [7, 11) is 1.94. The van der Waals surface area contributed by atoms with Gasteiger partial charge in [0.05, 0.1) is 6.04 Å². The summed E-state index contributed by atoms with van der Waals surface area (Å²) in [5.74, 6) is 0.0298. The van der Waals surface area contributed by atoms with E-state index in [0.29, 0.717) is 0 Å². The van der Waals surface area contributed by atoms with Crippen molar-refractivity contribution >= 4 is 21.8 Å². The number of halogens is 1. The van der Waals surface area contributed by atoms with Crippen molar-refractivity contribution in [3.05, 3.63) is 69.2 Å². The normalized spacial score (nSPS) is 15.2. The molecule has 1 unspecified atom stereocenters. The maximum Gasteiger partial charge on any atom is 0.251 e. The van der Waals surface area contributed by atoms with Gasteiger partial charge in [-0.3, -0.25) is 4.79 Å². The van der Waals surface area contributed by atoms with Crippen molar-refractivity contribution in [3.63, 3.8) is 0 Å². The summed E-state index contributed by atoms with van der Waals surface area (Å²) >= 11 is 3.51. The highest BCUT2D eigenvalue weighted by Crippen LogP contribution is 2.27. The van der Waals surface area contributed by atoms with Gasteiger partial charge in [0.15, 0.2) is 0 Å². The van der Waals surface area contributed by atoms with Crippen molar-refractivity contribution < 1.29 is 4.79 Å². The number of nitrogens with one attached hydrogen (secondary N) is 2. The first-order valence-corrected chi connectivity index (χ1v) is 7.82. The van der Waals surface area contributed by atoms with Crippen molar-refractivity contribution in [1.82, 2.24) is 10.6 Å². The molecule has 2 aromatic carbocycles. The monoisotopic (exact) mass is 344 g/mol. The molecule has 0 radical (unpaired) electrons. The minimum absolute atomic E-state index is 0.0298. The second kappa shape index (κ2) is 6.00. The van der Waals surface area contributed by atoms with Crippen LogP contribution in [0, 0.1) is 0 Å². The highest BCUT2D eigenvalue weighted by molar-refractivity contribution is 9.10. The van der Waals surface area contributed by atoms with Crippen LogP contribution in [0.3, 0.4) is 0 Å². The summed E-state index contributed by atoms with van der Waals surface area (Å²) in [6, 6.07) is 14.5. The Morgan fingerprint density at radius 3 is 2.76 bits per heavy atom. The van der Waals surface area contributed by atoms with E-state index >= 15 is 0 Å². The molecule has 0 fully saturated rings. The molecule has 3 nitrogen and oxygen atoms in total. The van der Waals surface area contributed by atoms with Crippen molar-refractivity contribution in [2.45, 2.75) is 12.5 Å². The van der Waals surface area contributed by atoms with E-state index in [1.165, 1.54) is 5.56 Å². The SMILES string of the molecule is CNC(c1cccc(Br)c1)c1ccc2c(c1)C(=O)NCC2. The second-order valence-electron chi connectivity index (χ2n) is 5.20. The van der Waals surface area contributed by atoms with Gasteiger partial charge < -0.3 is 10.6 Å². The van der Waals surface area contributed by atoms with E-state index in [1.54, 1.807) is 0 Å². The van der Waals surface area contributed by atoms with Crippen molar-refractivity contribution in [2.75, 3.05) is 13.6 Å². The molecule has 0 saturated carbocycles. The zero-order valence-corrected chi connectivity index (χ0v) is 13.4. The lowest BCUT2D eigenvalue weighted by Gasteiger charge is -2.22. The van der Waals surface area contributed by atoms with Crippen LogP contribution >= 0.6 is 15.9 Å². The molecule has 1 atom stereocenters. The molecular weight excluding hydrogens is 328 g/mol. The number of amides is 1. The average molecular weight is 345 g/mol. The van der Waals surface area contributed by atoms with Gasteiger partial charge in [0.2, 0.25) is 0 Å². The molecule has 1 heterocycles. The van der Waals surface area contributed by atoms with Gasteiger partial charge >= 0.3 is 0 Å². The van der Waals surface area contributed by atoms with Gasteiger partial charge in [-0.2, -0.15) is 0 Å². The summed E-state index contributed by atoms with van der Waals surface area (Å²) in [5.41, 5.74) is 4.20. The van der Waals surface area contributed by atoms with Crippen LogP contribution in [0.25, 0.3) is 0 Å². The van der Waals surface area contributed by atoms with Crippen LogP contribution in [0.1, 0.15) is 33.1 Å². The highest BCUT2D eigenvalue weighted by Gasteiger charge is 2.19. The predicted molar refractivity (Wildman–Crippen MR) is 87.5 cm³/mol. The lowest BCUT2D eigenvalue weighted by atomic mass is 9.92. The fourth-order valence-corrected chi connectivity index (χ4v) is 3.24. The molecule has 0 aliphatic carbocycles. The van der Waals surface area contributed by atoms with Crippen LogP contribution in [-0.2, 0) is 6.42 Å². The zero-order chi connectivity index (χ0) is 14.8. The van der Waals surface area contributed by atoms with Gasteiger partial charge in [-0.05, 0) is 48.4 Å². The van der Waals surface area contributed by atoms with Crippen molar-refractivity contribution in [3.8, 4) is 0 Å². The molecule has 21 heavy (non-hydrogen) atoms. The van der Waals surface area contributed by atoms with Gasteiger partial charge in [-0.25, -0.2) is 0 Å². The first kappa shape index (κ1) is 14.3. The van der Waals surface area contributed by atoms with Gasteiger partial charge in [0.1, 0.15) is 0 Å². The Morgan fingerprint density at radius 1 is 1.19 bits per heavy atom. The van der Waals surface area contributed by atoms with Crippen molar-refractivity contribution in [2.24, 2.45) is 0 Å². The summed E-state index contributed by atoms with van der Waals surface area (Å²) in [6.45, 7) is 0.728. The molecule has 4 heteroatoms. The van der Waals surface area contributed by atoms with Crippen molar-refractivity contribution in [1.29, 1.82) is 0 Å².